The zero-order valence-electron chi connectivity index (χ0n) is 21.1. The lowest BCUT2D eigenvalue weighted by molar-refractivity contribution is 0.0926. The standard InChI is InChI=1S/C34H24N2O2/c1-21-18-19-24(22(2)20-21)26-13-8-14-27-25-12-6-7-16-29(25)36(32(26)27)30-17-9-15-28-31(30)34(38)35(33(28)37)23-10-4-3-5-11-23/h3-20H,1-2H3. The van der Waals surface area contributed by atoms with Gasteiger partial charge in [0.1, 0.15) is 0 Å². The van der Waals surface area contributed by atoms with Gasteiger partial charge in [0, 0.05) is 16.3 Å². The van der Waals surface area contributed by atoms with Gasteiger partial charge in [-0.05, 0) is 55.3 Å². The Labute approximate surface area is 220 Å². The van der Waals surface area contributed by atoms with Gasteiger partial charge in [0.15, 0.2) is 0 Å². The molecule has 1 aliphatic rings. The van der Waals surface area contributed by atoms with E-state index < -0.39 is 0 Å². The van der Waals surface area contributed by atoms with E-state index in [4.69, 9.17) is 0 Å². The molecule has 0 unspecified atom stereocenters. The minimum Gasteiger partial charge on any atom is -0.308 e. The quantitative estimate of drug-likeness (QED) is 0.236. The second kappa shape index (κ2) is 8.29. The fourth-order valence-electron chi connectivity index (χ4n) is 5.87. The topological polar surface area (TPSA) is 42.3 Å². The van der Waals surface area contributed by atoms with E-state index in [1.54, 1.807) is 18.2 Å². The lowest BCUT2D eigenvalue weighted by atomic mass is 9.96. The molecule has 4 nitrogen and oxygen atoms in total. The average molecular weight is 493 g/mol. The Balaban J connectivity index is 1.57. The van der Waals surface area contributed by atoms with Crippen molar-refractivity contribution in [2.45, 2.75) is 13.8 Å². The number of fused-ring (bicyclic) bond motifs is 4. The van der Waals surface area contributed by atoms with Gasteiger partial charge in [0.2, 0.25) is 0 Å². The molecule has 0 radical (unpaired) electrons. The summed E-state index contributed by atoms with van der Waals surface area (Å²) in [6.45, 7) is 4.23. The summed E-state index contributed by atoms with van der Waals surface area (Å²) in [7, 11) is 0. The molecular formula is C34H24N2O2. The Kier molecular flexibility index (Phi) is 4.85. The van der Waals surface area contributed by atoms with Crippen LogP contribution in [0.2, 0.25) is 0 Å². The van der Waals surface area contributed by atoms with Crippen molar-refractivity contribution in [2.75, 3.05) is 4.90 Å². The maximum atomic E-state index is 13.9. The van der Waals surface area contributed by atoms with Crippen molar-refractivity contribution < 1.29 is 9.59 Å². The molecule has 38 heavy (non-hydrogen) atoms. The van der Waals surface area contributed by atoms with Crippen LogP contribution in [-0.2, 0) is 0 Å². The van der Waals surface area contributed by atoms with Gasteiger partial charge in [-0.2, -0.15) is 0 Å². The van der Waals surface area contributed by atoms with Crippen LogP contribution in [0.5, 0.6) is 0 Å². The molecule has 4 heteroatoms. The largest absolute Gasteiger partial charge is 0.308 e. The smallest absolute Gasteiger partial charge is 0.268 e. The van der Waals surface area contributed by atoms with Crippen LogP contribution in [0.4, 0.5) is 5.69 Å². The van der Waals surface area contributed by atoms with E-state index in [0.29, 0.717) is 22.5 Å². The first kappa shape index (κ1) is 22.3. The third-order valence-electron chi connectivity index (χ3n) is 7.52. The van der Waals surface area contributed by atoms with Crippen LogP contribution in [0.1, 0.15) is 31.8 Å². The second-order valence-electron chi connectivity index (χ2n) is 9.85. The number of para-hydroxylation sites is 3. The summed E-state index contributed by atoms with van der Waals surface area (Å²) in [6.07, 6.45) is 0. The number of benzene rings is 5. The molecule has 0 N–H and O–H groups in total. The van der Waals surface area contributed by atoms with Gasteiger partial charge in [-0.1, -0.05) is 84.4 Å². The first-order valence-electron chi connectivity index (χ1n) is 12.7. The van der Waals surface area contributed by atoms with E-state index >= 15 is 0 Å². The number of carbonyl (C=O) groups is 2. The summed E-state index contributed by atoms with van der Waals surface area (Å²) in [5.74, 6) is -0.602. The highest BCUT2D eigenvalue weighted by molar-refractivity contribution is 6.35. The Bertz CT molecular complexity index is 1930. The predicted octanol–water partition coefficient (Wildman–Crippen LogP) is 7.87. The molecule has 1 aromatic heterocycles. The third kappa shape index (κ3) is 3.10. The molecule has 5 aromatic carbocycles. The molecule has 0 saturated heterocycles. The van der Waals surface area contributed by atoms with E-state index in [2.05, 4.69) is 66.9 Å². The molecule has 0 atom stereocenters. The van der Waals surface area contributed by atoms with Crippen molar-refractivity contribution in [3.8, 4) is 16.8 Å². The van der Waals surface area contributed by atoms with Crippen LogP contribution in [0.15, 0.2) is 109 Å². The van der Waals surface area contributed by atoms with E-state index in [1.165, 1.54) is 16.0 Å². The Morgan fingerprint density at radius 3 is 2.11 bits per heavy atom. The molecule has 6 aromatic rings. The Morgan fingerprint density at radius 1 is 0.579 bits per heavy atom. The highest BCUT2D eigenvalue weighted by atomic mass is 16.2. The number of rotatable bonds is 3. The fourth-order valence-corrected chi connectivity index (χ4v) is 5.87. The van der Waals surface area contributed by atoms with Crippen molar-refractivity contribution in [3.05, 3.63) is 131 Å². The summed E-state index contributed by atoms with van der Waals surface area (Å²) in [6, 6.07) is 35.8. The summed E-state index contributed by atoms with van der Waals surface area (Å²) < 4.78 is 2.16. The first-order valence-corrected chi connectivity index (χ1v) is 12.7. The summed E-state index contributed by atoms with van der Waals surface area (Å²) in [5.41, 5.74) is 8.78. The number of aromatic nitrogens is 1. The van der Waals surface area contributed by atoms with Crippen LogP contribution in [0, 0.1) is 13.8 Å². The molecule has 0 bridgehead atoms. The van der Waals surface area contributed by atoms with Gasteiger partial charge < -0.3 is 4.57 Å². The summed E-state index contributed by atoms with van der Waals surface area (Å²) >= 11 is 0. The molecule has 182 valence electrons. The van der Waals surface area contributed by atoms with Crippen LogP contribution >= 0.6 is 0 Å². The van der Waals surface area contributed by atoms with Crippen molar-refractivity contribution in [1.82, 2.24) is 4.57 Å². The average Bonchev–Trinajstić information content (AvgIpc) is 3.41. The van der Waals surface area contributed by atoms with Crippen LogP contribution in [-0.4, -0.2) is 16.4 Å². The molecule has 0 fully saturated rings. The van der Waals surface area contributed by atoms with Gasteiger partial charge >= 0.3 is 0 Å². The predicted molar refractivity (Wildman–Crippen MR) is 153 cm³/mol. The number of hydrogen-bond acceptors (Lipinski definition) is 2. The molecule has 0 saturated carbocycles. The van der Waals surface area contributed by atoms with Crippen LogP contribution < -0.4 is 4.90 Å². The zero-order chi connectivity index (χ0) is 26.0. The number of imide groups is 1. The highest BCUT2D eigenvalue weighted by Crippen LogP contribution is 2.41. The van der Waals surface area contributed by atoms with Gasteiger partial charge in [-0.15, -0.1) is 0 Å². The normalized spacial score (nSPS) is 13.1. The molecule has 2 heterocycles. The Hall–Kier alpha value is -4.96. The lowest BCUT2D eigenvalue weighted by Gasteiger charge is -2.16. The fraction of sp³-hybridized carbons (Fsp3) is 0.0588. The molecule has 0 aliphatic carbocycles. The van der Waals surface area contributed by atoms with Gasteiger partial charge in [0.25, 0.3) is 11.8 Å². The number of nitrogens with zero attached hydrogens (tertiary/aromatic N) is 2. The third-order valence-corrected chi connectivity index (χ3v) is 7.52. The number of aryl methyl sites for hydroxylation is 2. The lowest BCUT2D eigenvalue weighted by Crippen LogP contribution is -2.29. The molecule has 7 rings (SSSR count). The Morgan fingerprint density at radius 2 is 1.29 bits per heavy atom. The first-order chi connectivity index (χ1) is 18.5. The highest BCUT2D eigenvalue weighted by Gasteiger charge is 2.39. The molecule has 2 amide bonds. The van der Waals surface area contributed by atoms with E-state index in [1.807, 2.05) is 42.5 Å². The van der Waals surface area contributed by atoms with E-state index in [0.717, 1.165) is 32.9 Å². The summed E-state index contributed by atoms with van der Waals surface area (Å²) in [5, 5.41) is 2.20. The number of carbonyl (C=O) groups excluding carboxylic acids is 2. The zero-order valence-corrected chi connectivity index (χ0v) is 21.1. The van der Waals surface area contributed by atoms with Crippen LogP contribution in [0.25, 0.3) is 38.6 Å². The maximum Gasteiger partial charge on any atom is 0.268 e. The number of hydrogen-bond donors (Lipinski definition) is 0. The van der Waals surface area contributed by atoms with Gasteiger partial charge in [0.05, 0.1) is 33.5 Å². The van der Waals surface area contributed by atoms with E-state index in [9.17, 15) is 9.59 Å². The molecular weight excluding hydrogens is 468 g/mol. The van der Waals surface area contributed by atoms with Crippen molar-refractivity contribution in [3.63, 3.8) is 0 Å². The SMILES string of the molecule is Cc1ccc(-c2cccc3c4ccccc4n(-c4cccc5c4C(=O)N(c4ccccc4)C5=O)c23)c(C)c1. The summed E-state index contributed by atoms with van der Waals surface area (Å²) in [4.78, 5) is 28.7. The van der Waals surface area contributed by atoms with Crippen molar-refractivity contribution >= 4 is 39.3 Å². The molecule has 1 aliphatic heterocycles. The van der Waals surface area contributed by atoms with Crippen molar-refractivity contribution in [1.29, 1.82) is 0 Å². The molecule has 0 spiro atoms. The van der Waals surface area contributed by atoms with Crippen LogP contribution in [0.3, 0.4) is 0 Å². The minimum atomic E-state index is -0.304. The maximum absolute atomic E-state index is 13.9. The number of anilines is 1. The second-order valence-corrected chi connectivity index (χ2v) is 9.85. The minimum absolute atomic E-state index is 0.298. The number of amides is 2. The van der Waals surface area contributed by atoms with Gasteiger partial charge in [-0.3, -0.25) is 9.59 Å². The van der Waals surface area contributed by atoms with E-state index in [-0.39, 0.29) is 11.8 Å². The van der Waals surface area contributed by atoms with Gasteiger partial charge in [-0.25, -0.2) is 4.90 Å². The van der Waals surface area contributed by atoms with Crippen molar-refractivity contribution in [2.24, 2.45) is 0 Å². The monoisotopic (exact) mass is 492 g/mol.